The predicted octanol–water partition coefficient (Wildman–Crippen LogP) is 1.09. The van der Waals surface area contributed by atoms with Gasteiger partial charge in [0, 0.05) is 13.1 Å². The summed E-state index contributed by atoms with van der Waals surface area (Å²) < 4.78 is 31.4. The monoisotopic (exact) mass is 343 g/mol. The minimum absolute atomic E-state index is 0.0474. The van der Waals surface area contributed by atoms with E-state index in [0.29, 0.717) is 18.2 Å². The van der Waals surface area contributed by atoms with Gasteiger partial charge in [0.1, 0.15) is 0 Å². The molecule has 1 aromatic rings. The minimum Gasteiger partial charge on any atom is -0.467 e. The number of aromatic nitrogens is 3. The summed E-state index contributed by atoms with van der Waals surface area (Å²) in [7, 11) is -1.81. The first-order valence-corrected chi connectivity index (χ1v) is 9.70. The topological polar surface area (TPSA) is 97.3 Å². The number of sulfonamides is 1. The van der Waals surface area contributed by atoms with Gasteiger partial charge in [-0.25, -0.2) is 13.1 Å². The van der Waals surface area contributed by atoms with E-state index >= 15 is 0 Å². The molecule has 1 fully saturated rings. The Morgan fingerprint density at radius 3 is 2.57 bits per heavy atom. The molecule has 2 rings (SSSR count). The number of nitrogens with zero attached hydrogens (tertiary/aromatic N) is 4. The Hall–Kier alpha value is -1.48. The molecule has 0 atom stereocenters. The molecule has 0 amide bonds. The maximum absolute atomic E-state index is 11.9. The van der Waals surface area contributed by atoms with Gasteiger partial charge in [-0.2, -0.15) is 15.0 Å². The lowest BCUT2D eigenvalue weighted by atomic mass is 10.1. The standard InChI is InChI=1S/C14H25N5O3S/c1-3-4-10-23(20,21)15-11-12-16-13(18-14(17-12)22-2)19-8-6-5-7-9-19/h15H,3-11H2,1-2H3. The highest BCUT2D eigenvalue weighted by atomic mass is 32.2. The molecule has 23 heavy (non-hydrogen) atoms. The average molecular weight is 343 g/mol. The van der Waals surface area contributed by atoms with E-state index in [2.05, 4.69) is 24.6 Å². The largest absolute Gasteiger partial charge is 0.467 e. The van der Waals surface area contributed by atoms with Crippen LogP contribution in [0.15, 0.2) is 0 Å². The van der Waals surface area contributed by atoms with Gasteiger partial charge in [-0.3, -0.25) is 0 Å². The summed E-state index contributed by atoms with van der Waals surface area (Å²) in [5.74, 6) is 1.04. The van der Waals surface area contributed by atoms with Crippen LogP contribution in [0.5, 0.6) is 6.01 Å². The van der Waals surface area contributed by atoms with Gasteiger partial charge in [0.2, 0.25) is 16.0 Å². The minimum atomic E-state index is -3.30. The van der Waals surface area contributed by atoms with Crippen LogP contribution in [0.3, 0.4) is 0 Å². The number of unbranched alkanes of at least 4 members (excludes halogenated alkanes) is 1. The first-order valence-electron chi connectivity index (χ1n) is 8.05. The first-order chi connectivity index (χ1) is 11.0. The molecule has 1 saturated heterocycles. The summed E-state index contributed by atoms with van der Waals surface area (Å²) in [6.45, 7) is 3.80. The summed E-state index contributed by atoms with van der Waals surface area (Å²) >= 11 is 0. The highest BCUT2D eigenvalue weighted by Crippen LogP contribution is 2.17. The van der Waals surface area contributed by atoms with Crippen molar-refractivity contribution in [3.8, 4) is 6.01 Å². The van der Waals surface area contributed by atoms with Crippen LogP contribution in [-0.2, 0) is 16.6 Å². The fourth-order valence-corrected chi connectivity index (χ4v) is 3.54. The van der Waals surface area contributed by atoms with Crippen molar-refractivity contribution in [2.75, 3.05) is 30.9 Å². The first kappa shape index (κ1) is 17.9. The van der Waals surface area contributed by atoms with Gasteiger partial charge in [0.25, 0.3) is 0 Å². The number of piperidine rings is 1. The van der Waals surface area contributed by atoms with E-state index in [1.165, 1.54) is 13.5 Å². The Morgan fingerprint density at radius 1 is 1.17 bits per heavy atom. The third kappa shape index (κ3) is 5.58. The lowest BCUT2D eigenvalue weighted by Gasteiger charge is -2.26. The number of nitrogens with one attached hydrogen (secondary N) is 1. The molecule has 1 aromatic heterocycles. The Labute approximate surface area is 137 Å². The van der Waals surface area contributed by atoms with E-state index < -0.39 is 10.0 Å². The van der Waals surface area contributed by atoms with E-state index in [4.69, 9.17) is 4.74 Å². The highest BCUT2D eigenvalue weighted by Gasteiger charge is 2.17. The van der Waals surface area contributed by atoms with E-state index in [9.17, 15) is 8.42 Å². The van der Waals surface area contributed by atoms with Crippen molar-refractivity contribution in [3.05, 3.63) is 5.82 Å². The van der Waals surface area contributed by atoms with Crippen LogP contribution < -0.4 is 14.4 Å². The maximum Gasteiger partial charge on any atom is 0.321 e. The molecular weight excluding hydrogens is 318 g/mol. The van der Waals surface area contributed by atoms with Gasteiger partial charge in [-0.05, 0) is 25.7 Å². The molecular formula is C14H25N5O3S. The fraction of sp³-hybridized carbons (Fsp3) is 0.786. The van der Waals surface area contributed by atoms with Crippen LogP contribution in [0.4, 0.5) is 5.95 Å². The second-order valence-electron chi connectivity index (χ2n) is 5.58. The van der Waals surface area contributed by atoms with Crippen molar-refractivity contribution in [3.63, 3.8) is 0 Å². The number of rotatable bonds is 8. The van der Waals surface area contributed by atoms with E-state index in [1.54, 1.807) is 0 Å². The Bertz CT molecular complexity index is 602. The zero-order valence-electron chi connectivity index (χ0n) is 13.8. The summed E-state index contributed by atoms with van der Waals surface area (Å²) in [4.78, 5) is 14.9. The second-order valence-corrected chi connectivity index (χ2v) is 7.51. The van der Waals surface area contributed by atoms with Crippen LogP contribution in [0.2, 0.25) is 0 Å². The zero-order valence-corrected chi connectivity index (χ0v) is 14.6. The van der Waals surface area contributed by atoms with Gasteiger partial charge in [0.15, 0.2) is 5.82 Å². The van der Waals surface area contributed by atoms with Crippen LogP contribution in [0, 0.1) is 0 Å². The number of methoxy groups -OCH3 is 1. The second kappa shape index (κ2) is 8.39. The molecule has 2 heterocycles. The number of ether oxygens (including phenoxy) is 1. The van der Waals surface area contributed by atoms with Crippen molar-refractivity contribution in [1.82, 2.24) is 19.7 Å². The number of hydrogen-bond donors (Lipinski definition) is 1. The van der Waals surface area contributed by atoms with Crippen LogP contribution >= 0.6 is 0 Å². The SMILES string of the molecule is CCCCS(=O)(=O)NCc1nc(OC)nc(N2CCCCC2)n1. The summed E-state index contributed by atoms with van der Waals surface area (Å²) in [6, 6.07) is 0.211. The summed E-state index contributed by atoms with van der Waals surface area (Å²) in [5, 5.41) is 0. The van der Waals surface area contributed by atoms with Crippen molar-refractivity contribution in [2.45, 2.75) is 45.6 Å². The number of hydrogen-bond acceptors (Lipinski definition) is 7. The quantitative estimate of drug-likeness (QED) is 0.754. The lowest BCUT2D eigenvalue weighted by Crippen LogP contribution is -2.32. The van der Waals surface area contributed by atoms with Crippen LogP contribution in [-0.4, -0.2) is 49.3 Å². The van der Waals surface area contributed by atoms with E-state index in [0.717, 1.165) is 32.4 Å². The molecule has 0 spiro atoms. The molecule has 0 radical (unpaired) electrons. The van der Waals surface area contributed by atoms with Crippen molar-refractivity contribution in [1.29, 1.82) is 0 Å². The third-order valence-electron chi connectivity index (χ3n) is 3.69. The van der Waals surface area contributed by atoms with Crippen molar-refractivity contribution >= 4 is 16.0 Å². The Balaban J connectivity index is 2.08. The predicted molar refractivity (Wildman–Crippen MR) is 88.0 cm³/mol. The molecule has 0 unspecified atom stereocenters. The molecule has 0 saturated carbocycles. The fourth-order valence-electron chi connectivity index (χ4n) is 2.37. The zero-order chi connectivity index (χ0) is 16.7. The van der Waals surface area contributed by atoms with Crippen molar-refractivity contribution < 1.29 is 13.2 Å². The number of anilines is 1. The van der Waals surface area contributed by atoms with Gasteiger partial charge < -0.3 is 9.64 Å². The molecule has 9 heteroatoms. The highest BCUT2D eigenvalue weighted by molar-refractivity contribution is 7.89. The van der Waals surface area contributed by atoms with Crippen LogP contribution in [0.1, 0.15) is 44.9 Å². The molecule has 8 nitrogen and oxygen atoms in total. The molecule has 1 aliphatic heterocycles. The molecule has 1 aliphatic rings. The molecule has 130 valence electrons. The van der Waals surface area contributed by atoms with Gasteiger partial charge in [0.05, 0.1) is 19.4 Å². The summed E-state index contributed by atoms with van der Waals surface area (Å²) in [6.07, 6.45) is 4.89. The molecule has 0 aromatic carbocycles. The van der Waals surface area contributed by atoms with Crippen molar-refractivity contribution in [2.24, 2.45) is 0 Å². The van der Waals surface area contributed by atoms with Crippen LogP contribution in [0.25, 0.3) is 0 Å². The molecule has 1 N–H and O–H groups in total. The third-order valence-corrected chi connectivity index (χ3v) is 5.10. The molecule has 0 aliphatic carbocycles. The smallest absolute Gasteiger partial charge is 0.321 e. The lowest BCUT2D eigenvalue weighted by molar-refractivity contribution is 0.374. The molecule has 0 bridgehead atoms. The Kier molecular flexibility index (Phi) is 6.52. The van der Waals surface area contributed by atoms with E-state index in [1.807, 2.05) is 6.92 Å². The van der Waals surface area contributed by atoms with Gasteiger partial charge >= 0.3 is 6.01 Å². The van der Waals surface area contributed by atoms with Gasteiger partial charge in [-0.15, -0.1) is 0 Å². The van der Waals surface area contributed by atoms with E-state index in [-0.39, 0.29) is 18.3 Å². The average Bonchev–Trinajstić information content (AvgIpc) is 2.59. The summed E-state index contributed by atoms with van der Waals surface area (Å²) in [5.41, 5.74) is 0. The van der Waals surface area contributed by atoms with Gasteiger partial charge in [-0.1, -0.05) is 13.3 Å². The normalized spacial score (nSPS) is 15.7. The maximum atomic E-state index is 11.9. The Morgan fingerprint density at radius 2 is 1.91 bits per heavy atom.